The smallest absolute Gasteiger partial charge is 0.128 e. The molecule has 0 saturated carbocycles. The molecule has 4 nitrogen and oxygen atoms in total. The van der Waals surface area contributed by atoms with Gasteiger partial charge in [0.25, 0.3) is 0 Å². The lowest BCUT2D eigenvalue weighted by molar-refractivity contribution is 0.316. The number of para-hydroxylation sites is 1. The fourth-order valence-corrected chi connectivity index (χ4v) is 2.04. The fraction of sp³-hybridized carbons (Fsp3) is 0.353. The number of rotatable bonds is 7. The minimum Gasteiger partial charge on any atom is -0.493 e. The number of hydrogen-bond donors (Lipinski definition) is 0. The Balaban J connectivity index is 2.39. The first-order valence-corrected chi connectivity index (χ1v) is 7.27. The minimum atomic E-state index is 0.724. The van der Waals surface area contributed by atoms with Crippen molar-refractivity contribution in [3.8, 4) is 5.75 Å². The third kappa shape index (κ3) is 4.20. The van der Waals surface area contributed by atoms with Crippen LogP contribution in [0.5, 0.6) is 5.75 Å². The Labute approximate surface area is 126 Å². The highest BCUT2D eigenvalue weighted by Gasteiger charge is 2.10. The van der Waals surface area contributed by atoms with Crippen LogP contribution in [-0.4, -0.2) is 41.7 Å². The van der Waals surface area contributed by atoms with Gasteiger partial charge in [-0.15, -0.1) is 0 Å². The van der Waals surface area contributed by atoms with Crippen molar-refractivity contribution in [1.29, 1.82) is 0 Å². The van der Waals surface area contributed by atoms with Crippen LogP contribution in [0.2, 0.25) is 0 Å². The van der Waals surface area contributed by atoms with E-state index in [1.165, 1.54) is 0 Å². The van der Waals surface area contributed by atoms with Crippen LogP contribution in [-0.2, 0) is 0 Å². The Bertz CT molecular complexity index is 573. The molecule has 1 heterocycles. The van der Waals surface area contributed by atoms with E-state index in [0.29, 0.717) is 0 Å². The summed E-state index contributed by atoms with van der Waals surface area (Å²) in [5.41, 5.74) is 2.18. The first-order chi connectivity index (χ1) is 10.2. The highest BCUT2D eigenvalue weighted by Crippen LogP contribution is 2.27. The summed E-state index contributed by atoms with van der Waals surface area (Å²) in [4.78, 5) is 6.29. The normalized spacial score (nSPS) is 11.9. The quantitative estimate of drug-likeness (QED) is 0.783. The largest absolute Gasteiger partial charge is 0.493 e. The summed E-state index contributed by atoms with van der Waals surface area (Å²) in [5, 5.41) is 0. The van der Waals surface area contributed by atoms with Crippen molar-refractivity contribution in [1.82, 2.24) is 14.5 Å². The first kappa shape index (κ1) is 15.3. The average molecular weight is 285 g/mol. The first-order valence-electron chi connectivity index (χ1n) is 7.27. The molecule has 112 valence electrons. The van der Waals surface area contributed by atoms with Crippen LogP contribution < -0.4 is 4.74 Å². The summed E-state index contributed by atoms with van der Waals surface area (Å²) in [5.74, 6) is 0.915. The maximum absolute atomic E-state index is 5.88. The van der Waals surface area contributed by atoms with Gasteiger partial charge in [0.05, 0.1) is 18.6 Å². The van der Waals surface area contributed by atoms with E-state index in [0.717, 1.165) is 36.6 Å². The summed E-state index contributed by atoms with van der Waals surface area (Å²) < 4.78 is 7.91. The van der Waals surface area contributed by atoms with E-state index in [2.05, 4.69) is 43.0 Å². The van der Waals surface area contributed by atoms with Crippen LogP contribution in [0.15, 0.2) is 49.1 Å². The van der Waals surface area contributed by atoms with E-state index in [-0.39, 0.29) is 0 Å². The molecule has 1 aromatic heterocycles. The average Bonchev–Trinajstić information content (AvgIpc) is 3.00. The number of hydrogen-bond acceptors (Lipinski definition) is 3. The van der Waals surface area contributed by atoms with Crippen LogP contribution in [0.25, 0.3) is 5.70 Å². The lowest BCUT2D eigenvalue weighted by atomic mass is 10.1. The van der Waals surface area contributed by atoms with Gasteiger partial charge in [-0.25, -0.2) is 4.98 Å². The molecular formula is C17H23N3O. The molecule has 0 bridgehead atoms. The highest BCUT2D eigenvalue weighted by atomic mass is 16.5. The second kappa shape index (κ2) is 7.64. The lowest BCUT2D eigenvalue weighted by Gasteiger charge is -2.16. The van der Waals surface area contributed by atoms with Crippen molar-refractivity contribution < 1.29 is 4.74 Å². The Morgan fingerprint density at radius 1 is 1.33 bits per heavy atom. The molecule has 0 radical (unpaired) electrons. The van der Waals surface area contributed by atoms with E-state index < -0.39 is 0 Å². The van der Waals surface area contributed by atoms with Gasteiger partial charge in [-0.1, -0.05) is 19.1 Å². The van der Waals surface area contributed by atoms with Crippen molar-refractivity contribution >= 4 is 5.70 Å². The van der Waals surface area contributed by atoms with Gasteiger partial charge in [-0.3, -0.25) is 0 Å². The van der Waals surface area contributed by atoms with Gasteiger partial charge in [0.2, 0.25) is 0 Å². The van der Waals surface area contributed by atoms with Gasteiger partial charge in [-0.2, -0.15) is 0 Å². The molecule has 0 aliphatic heterocycles. The predicted octanol–water partition coefficient (Wildman–Crippen LogP) is 3.12. The number of aromatic nitrogens is 2. The molecule has 0 N–H and O–H groups in total. The van der Waals surface area contributed by atoms with Gasteiger partial charge < -0.3 is 14.2 Å². The van der Waals surface area contributed by atoms with E-state index in [1.807, 2.05) is 35.3 Å². The highest BCUT2D eigenvalue weighted by molar-refractivity contribution is 5.70. The molecule has 2 aromatic rings. The zero-order valence-corrected chi connectivity index (χ0v) is 13.0. The predicted molar refractivity (Wildman–Crippen MR) is 86.4 cm³/mol. The van der Waals surface area contributed by atoms with Gasteiger partial charge in [-0.05, 0) is 38.7 Å². The summed E-state index contributed by atoms with van der Waals surface area (Å²) in [6, 6.07) is 8.15. The Morgan fingerprint density at radius 2 is 2.14 bits per heavy atom. The SMILES string of the molecule is CCCOc1ccccc1/C(=C\CN(C)C)n1ccnc1. The zero-order chi connectivity index (χ0) is 15.1. The molecule has 21 heavy (non-hydrogen) atoms. The molecule has 0 aliphatic carbocycles. The number of likely N-dealkylation sites (N-methyl/N-ethyl adjacent to an activating group) is 1. The number of imidazole rings is 1. The monoisotopic (exact) mass is 285 g/mol. The summed E-state index contributed by atoms with van der Waals surface area (Å²) >= 11 is 0. The molecule has 4 heteroatoms. The van der Waals surface area contributed by atoms with Crippen LogP contribution in [0.1, 0.15) is 18.9 Å². The molecule has 2 rings (SSSR count). The van der Waals surface area contributed by atoms with Crippen molar-refractivity contribution in [3.05, 3.63) is 54.6 Å². The van der Waals surface area contributed by atoms with E-state index in [4.69, 9.17) is 4.74 Å². The Morgan fingerprint density at radius 3 is 2.81 bits per heavy atom. The number of ether oxygens (including phenoxy) is 1. The van der Waals surface area contributed by atoms with Crippen molar-refractivity contribution in [3.63, 3.8) is 0 Å². The van der Waals surface area contributed by atoms with Crippen LogP contribution in [0.4, 0.5) is 0 Å². The van der Waals surface area contributed by atoms with Gasteiger partial charge in [0.1, 0.15) is 5.75 Å². The second-order valence-corrected chi connectivity index (χ2v) is 5.17. The number of nitrogens with zero attached hydrogens (tertiary/aromatic N) is 3. The van der Waals surface area contributed by atoms with E-state index >= 15 is 0 Å². The molecule has 0 fully saturated rings. The Hall–Kier alpha value is -2.07. The molecule has 1 aromatic carbocycles. The third-order valence-corrected chi connectivity index (χ3v) is 3.06. The standard InChI is InChI=1S/C17H23N3O/c1-4-13-21-17-8-6-5-7-15(17)16(9-11-19(2)3)20-12-10-18-14-20/h5-10,12,14H,4,11,13H2,1-3H3/b16-9+. The lowest BCUT2D eigenvalue weighted by Crippen LogP contribution is -2.12. The van der Waals surface area contributed by atoms with Crippen LogP contribution in [0, 0.1) is 0 Å². The van der Waals surface area contributed by atoms with Crippen molar-refractivity contribution in [2.75, 3.05) is 27.2 Å². The zero-order valence-electron chi connectivity index (χ0n) is 13.0. The van der Waals surface area contributed by atoms with Gasteiger partial charge in [0, 0.05) is 24.5 Å². The summed E-state index contributed by atoms with van der Waals surface area (Å²) in [7, 11) is 4.11. The van der Waals surface area contributed by atoms with Gasteiger partial charge in [0.15, 0.2) is 0 Å². The van der Waals surface area contributed by atoms with Crippen LogP contribution >= 0.6 is 0 Å². The van der Waals surface area contributed by atoms with Crippen molar-refractivity contribution in [2.24, 2.45) is 0 Å². The maximum atomic E-state index is 5.88. The molecule has 0 aliphatic rings. The fourth-order valence-electron chi connectivity index (χ4n) is 2.04. The molecule has 0 atom stereocenters. The maximum Gasteiger partial charge on any atom is 0.128 e. The molecule has 0 saturated heterocycles. The van der Waals surface area contributed by atoms with Crippen LogP contribution in [0.3, 0.4) is 0 Å². The summed E-state index contributed by atoms with van der Waals surface area (Å²) in [6.07, 6.45) is 8.75. The molecule has 0 amide bonds. The number of benzene rings is 1. The summed E-state index contributed by atoms with van der Waals surface area (Å²) in [6.45, 7) is 3.69. The second-order valence-electron chi connectivity index (χ2n) is 5.17. The molecular weight excluding hydrogens is 262 g/mol. The topological polar surface area (TPSA) is 30.3 Å². The minimum absolute atomic E-state index is 0.724. The molecule has 0 unspecified atom stereocenters. The van der Waals surface area contributed by atoms with E-state index in [1.54, 1.807) is 6.20 Å². The van der Waals surface area contributed by atoms with Crippen molar-refractivity contribution in [2.45, 2.75) is 13.3 Å². The molecule has 0 spiro atoms. The third-order valence-electron chi connectivity index (χ3n) is 3.06. The Kier molecular flexibility index (Phi) is 5.58. The van der Waals surface area contributed by atoms with E-state index in [9.17, 15) is 0 Å². The van der Waals surface area contributed by atoms with Gasteiger partial charge >= 0.3 is 0 Å².